The topological polar surface area (TPSA) is 90.5 Å². The van der Waals surface area contributed by atoms with Crippen molar-refractivity contribution in [2.75, 3.05) is 13.1 Å². The van der Waals surface area contributed by atoms with Crippen LogP contribution >= 0.6 is 24.8 Å². The van der Waals surface area contributed by atoms with Crippen LogP contribution in [0.3, 0.4) is 0 Å². The minimum absolute atomic E-state index is 0. The van der Waals surface area contributed by atoms with Gasteiger partial charge in [-0.15, -0.1) is 24.8 Å². The van der Waals surface area contributed by atoms with Gasteiger partial charge in [-0.1, -0.05) is 25.0 Å². The molecule has 1 atom stereocenters. The van der Waals surface area contributed by atoms with Gasteiger partial charge in [-0.25, -0.2) is 4.98 Å². The zero-order valence-corrected chi connectivity index (χ0v) is 19.1. The molecule has 31 heavy (non-hydrogen) atoms. The molecule has 2 aliphatic heterocycles. The molecule has 3 fully saturated rings. The molecule has 1 aliphatic carbocycles. The Kier molecular flexibility index (Phi) is 6.89. The number of nitrogens with two attached hydrogens (primary N) is 1. The second kappa shape index (κ2) is 8.96. The standard InChI is InChI=1S/C22H28N4O3.2ClH/c23-22(7-3-4-8-22)19(27)25-11-9-21(10-12-25)13-16(29-20(21)28)14-26-15-24-17-5-1-2-6-18(17)26;;/h1-2,5-6,15-16H,3-4,7-14,23H2;2*1H. The molecule has 170 valence electrons. The highest BCUT2D eigenvalue weighted by Crippen LogP contribution is 2.44. The zero-order chi connectivity index (χ0) is 20.1. The number of piperidine rings is 1. The molecule has 3 aliphatic rings. The molecule has 9 heteroatoms. The molecule has 1 saturated carbocycles. The Morgan fingerprint density at radius 2 is 1.81 bits per heavy atom. The average molecular weight is 469 g/mol. The number of halogens is 2. The minimum atomic E-state index is -0.689. The van der Waals surface area contributed by atoms with E-state index in [-0.39, 0.29) is 42.8 Å². The summed E-state index contributed by atoms with van der Waals surface area (Å²) in [6.45, 7) is 1.80. The Morgan fingerprint density at radius 1 is 1.13 bits per heavy atom. The fraction of sp³-hybridized carbons (Fsp3) is 0.591. The second-order valence-electron chi connectivity index (χ2n) is 9.05. The van der Waals surface area contributed by atoms with Gasteiger partial charge in [0.2, 0.25) is 5.91 Å². The van der Waals surface area contributed by atoms with E-state index in [9.17, 15) is 9.59 Å². The maximum absolute atomic E-state index is 12.9. The lowest BCUT2D eigenvalue weighted by atomic mass is 9.75. The number of ether oxygens (including phenoxy) is 1. The number of likely N-dealkylation sites (tertiary alicyclic amines) is 1. The summed E-state index contributed by atoms with van der Waals surface area (Å²) in [5.74, 6) is -0.0417. The van der Waals surface area contributed by atoms with Crippen molar-refractivity contribution < 1.29 is 14.3 Å². The summed E-state index contributed by atoms with van der Waals surface area (Å²) in [6.07, 6.45) is 7.28. The molecule has 1 aromatic heterocycles. The Hall–Kier alpha value is -1.83. The summed E-state index contributed by atoms with van der Waals surface area (Å²) in [6, 6.07) is 7.97. The second-order valence-corrected chi connectivity index (χ2v) is 9.05. The first-order valence-corrected chi connectivity index (χ1v) is 10.7. The van der Waals surface area contributed by atoms with Gasteiger partial charge in [0.1, 0.15) is 6.10 Å². The number of hydrogen-bond donors (Lipinski definition) is 1. The molecule has 1 aromatic carbocycles. The minimum Gasteiger partial charge on any atom is -0.460 e. The van der Waals surface area contributed by atoms with E-state index in [0.717, 1.165) is 36.7 Å². The van der Waals surface area contributed by atoms with Crippen LogP contribution in [0.4, 0.5) is 0 Å². The lowest BCUT2D eigenvalue weighted by Crippen LogP contribution is -2.56. The largest absolute Gasteiger partial charge is 0.460 e. The lowest BCUT2D eigenvalue weighted by Gasteiger charge is -2.39. The molecule has 7 nitrogen and oxygen atoms in total. The average Bonchev–Trinajstić information content (AvgIpc) is 3.42. The van der Waals surface area contributed by atoms with Gasteiger partial charge >= 0.3 is 5.97 Å². The van der Waals surface area contributed by atoms with Gasteiger partial charge in [0.25, 0.3) is 0 Å². The van der Waals surface area contributed by atoms with Crippen molar-refractivity contribution in [1.82, 2.24) is 14.5 Å². The van der Waals surface area contributed by atoms with Crippen molar-refractivity contribution in [2.24, 2.45) is 11.1 Å². The smallest absolute Gasteiger partial charge is 0.312 e. The predicted octanol–water partition coefficient (Wildman–Crippen LogP) is 3.08. The third-order valence-corrected chi connectivity index (χ3v) is 7.18. The number of nitrogens with zero attached hydrogens (tertiary/aromatic N) is 3. The summed E-state index contributed by atoms with van der Waals surface area (Å²) < 4.78 is 7.84. The van der Waals surface area contributed by atoms with Crippen molar-refractivity contribution in [1.29, 1.82) is 0 Å². The van der Waals surface area contributed by atoms with E-state index in [1.54, 1.807) is 0 Å². The fourth-order valence-electron chi connectivity index (χ4n) is 5.39. The molecule has 1 spiro atoms. The van der Waals surface area contributed by atoms with E-state index in [1.165, 1.54) is 0 Å². The summed E-state index contributed by atoms with van der Waals surface area (Å²) in [5, 5.41) is 0. The van der Waals surface area contributed by atoms with Crippen molar-refractivity contribution in [3.05, 3.63) is 30.6 Å². The Bertz CT molecular complexity index is 949. The van der Waals surface area contributed by atoms with Crippen LogP contribution in [0.1, 0.15) is 44.9 Å². The summed E-state index contributed by atoms with van der Waals surface area (Å²) in [7, 11) is 0. The molecule has 5 rings (SSSR count). The van der Waals surface area contributed by atoms with Gasteiger partial charge in [0.15, 0.2) is 0 Å². The van der Waals surface area contributed by atoms with Gasteiger partial charge in [-0.3, -0.25) is 9.59 Å². The third-order valence-electron chi connectivity index (χ3n) is 7.18. The number of rotatable bonds is 3. The quantitative estimate of drug-likeness (QED) is 0.698. The number of imidazole rings is 1. The highest BCUT2D eigenvalue weighted by molar-refractivity contribution is 5.87. The Morgan fingerprint density at radius 3 is 2.52 bits per heavy atom. The van der Waals surface area contributed by atoms with Crippen LogP contribution in [0.15, 0.2) is 30.6 Å². The van der Waals surface area contributed by atoms with Gasteiger partial charge < -0.3 is 19.9 Å². The molecule has 1 unspecified atom stereocenters. The zero-order valence-electron chi connectivity index (χ0n) is 17.5. The van der Waals surface area contributed by atoms with Gasteiger partial charge in [-0.05, 0) is 37.8 Å². The molecule has 2 saturated heterocycles. The van der Waals surface area contributed by atoms with E-state index in [1.807, 2.05) is 35.5 Å². The SMILES string of the molecule is Cl.Cl.NC1(C(=O)N2CCC3(CC2)CC(Cn2cnc4ccccc42)OC3=O)CCCC1. The fourth-order valence-corrected chi connectivity index (χ4v) is 5.39. The number of benzene rings is 1. The first kappa shape index (κ1) is 23.8. The molecule has 3 heterocycles. The number of carbonyl (C=O) groups excluding carboxylic acids is 2. The highest BCUT2D eigenvalue weighted by atomic mass is 35.5. The number of amides is 1. The normalized spacial score (nSPS) is 24.0. The lowest BCUT2D eigenvalue weighted by molar-refractivity contribution is -0.153. The molecule has 0 bridgehead atoms. The summed E-state index contributed by atoms with van der Waals surface area (Å²) in [4.78, 5) is 32.0. The van der Waals surface area contributed by atoms with Gasteiger partial charge in [-0.2, -0.15) is 0 Å². The number of para-hydroxylation sites is 2. The van der Waals surface area contributed by atoms with Crippen molar-refractivity contribution >= 4 is 47.7 Å². The van der Waals surface area contributed by atoms with Crippen LogP contribution in [-0.2, 0) is 20.9 Å². The maximum atomic E-state index is 12.9. The number of hydrogen-bond acceptors (Lipinski definition) is 5. The van der Waals surface area contributed by atoms with Crippen molar-refractivity contribution in [2.45, 2.75) is 63.1 Å². The van der Waals surface area contributed by atoms with E-state index in [4.69, 9.17) is 10.5 Å². The molecule has 1 amide bonds. The van der Waals surface area contributed by atoms with E-state index < -0.39 is 11.0 Å². The molecular weight excluding hydrogens is 439 g/mol. The van der Waals surface area contributed by atoms with E-state index >= 15 is 0 Å². The van der Waals surface area contributed by atoms with Crippen LogP contribution in [0, 0.1) is 5.41 Å². The molecule has 0 radical (unpaired) electrons. The predicted molar refractivity (Wildman–Crippen MR) is 122 cm³/mol. The maximum Gasteiger partial charge on any atom is 0.312 e. The molecule has 2 aromatic rings. The van der Waals surface area contributed by atoms with Crippen molar-refractivity contribution in [3.8, 4) is 0 Å². The number of aromatic nitrogens is 2. The Balaban J connectivity index is 0.00000136. The van der Waals surface area contributed by atoms with Crippen molar-refractivity contribution in [3.63, 3.8) is 0 Å². The monoisotopic (exact) mass is 468 g/mol. The molecular formula is C22H30Cl2N4O3. The van der Waals surface area contributed by atoms with Crippen LogP contribution in [0.2, 0.25) is 0 Å². The van der Waals surface area contributed by atoms with Crippen LogP contribution < -0.4 is 5.73 Å². The summed E-state index contributed by atoms with van der Waals surface area (Å²) in [5.41, 5.74) is 7.20. The number of carbonyl (C=O) groups is 2. The number of fused-ring (bicyclic) bond motifs is 1. The summed E-state index contributed by atoms with van der Waals surface area (Å²) >= 11 is 0. The first-order valence-electron chi connectivity index (χ1n) is 10.7. The van der Waals surface area contributed by atoms with Crippen LogP contribution in [0.25, 0.3) is 11.0 Å². The highest BCUT2D eigenvalue weighted by Gasteiger charge is 2.52. The number of esters is 1. The van der Waals surface area contributed by atoms with E-state index in [0.29, 0.717) is 38.9 Å². The van der Waals surface area contributed by atoms with Gasteiger partial charge in [0.05, 0.1) is 34.9 Å². The number of cyclic esters (lactones) is 1. The Labute approximate surface area is 194 Å². The van der Waals surface area contributed by atoms with Crippen LogP contribution in [-0.4, -0.2) is 51.1 Å². The third kappa shape index (κ3) is 4.15. The van der Waals surface area contributed by atoms with E-state index in [2.05, 4.69) is 9.55 Å². The molecule has 2 N–H and O–H groups in total. The van der Waals surface area contributed by atoms with Gasteiger partial charge in [0, 0.05) is 19.5 Å². The first-order chi connectivity index (χ1) is 14.0. The van der Waals surface area contributed by atoms with Crippen LogP contribution in [0.5, 0.6) is 0 Å².